The van der Waals surface area contributed by atoms with Crippen LogP contribution in [-0.4, -0.2) is 31.2 Å². The van der Waals surface area contributed by atoms with E-state index in [1.165, 1.54) is 6.21 Å². The number of benzene rings is 2. The van der Waals surface area contributed by atoms with E-state index in [4.69, 9.17) is 21.1 Å². The molecule has 2 aromatic rings. The number of hydrogen-bond donors (Lipinski definition) is 2. The smallest absolute Gasteiger partial charge is 0.249 e. The molecule has 0 aliphatic carbocycles. The first-order valence-electron chi connectivity index (χ1n) is 9.31. The highest BCUT2D eigenvalue weighted by molar-refractivity contribution is 9.10. The third kappa shape index (κ3) is 7.03. The van der Waals surface area contributed by atoms with Crippen LogP contribution in [0.1, 0.15) is 31.4 Å². The number of halogens is 2. The Morgan fingerprint density at radius 3 is 2.53 bits per heavy atom. The maximum atomic E-state index is 12.0. The number of carbonyl (C=O) groups is 2. The molecule has 160 valence electrons. The van der Waals surface area contributed by atoms with Crippen molar-refractivity contribution in [1.29, 1.82) is 0 Å². The van der Waals surface area contributed by atoms with Crippen molar-refractivity contribution >= 4 is 51.2 Å². The lowest BCUT2D eigenvalue weighted by Gasteiger charge is -2.13. The van der Waals surface area contributed by atoms with Gasteiger partial charge in [0.15, 0.2) is 11.5 Å². The zero-order valence-corrected chi connectivity index (χ0v) is 19.3. The molecular weight excluding hydrogens is 474 g/mol. The topological polar surface area (TPSA) is 89.0 Å². The summed E-state index contributed by atoms with van der Waals surface area (Å²) in [5.41, 5.74) is 4.44. The molecule has 2 aromatic carbocycles. The molecule has 9 heteroatoms. The number of anilines is 1. The minimum atomic E-state index is -0.544. The van der Waals surface area contributed by atoms with Crippen LogP contribution in [0.25, 0.3) is 0 Å². The number of ether oxygens (including phenoxy) is 2. The summed E-state index contributed by atoms with van der Waals surface area (Å²) in [6.45, 7) is 6.60. The van der Waals surface area contributed by atoms with Gasteiger partial charge >= 0.3 is 0 Å². The maximum absolute atomic E-state index is 12.0. The van der Waals surface area contributed by atoms with E-state index in [1.54, 1.807) is 30.3 Å². The number of amides is 2. The van der Waals surface area contributed by atoms with Gasteiger partial charge in [-0.15, -0.1) is 0 Å². The largest absolute Gasteiger partial charge is 0.490 e. The molecule has 0 saturated heterocycles. The van der Waals surface area contributed by atoms with Crippen LogP contribution in [0.15, 0.2) is 39.9 Å². The van der Waals surface area contributed by atoms with Gasteiger partial charge in [-0.3, -0.25) is 9.59 Å². The first kappa shape index (κ1) is 23.7. The van der Waals surface area contributed by atoms with E-state index >= 15 is 0 Å². The normalized spacial score (nSPS) is 10.7. The summed E-state index contributed by atoms with van der Waals surface area (Å²) in [6.07, 6.45) is 1.08. The average Bonchev–Trinajstić information content (AvgIpc) is 2.67. The average molecular weight is 497 g/mol. The molecular formula is C21H23BrClN3O4. The first-order valence-corrected chi connectivity index (χ1v) is 10.5. The Kier molecular flexibility index (Phi) is 9.14. The van der Waals surface area contributed by atoms with Gasteiger partial charge in [-0.05, 0) is 72.1 Å². The summed E-state index contributed by atoms with van der Waals surface area (Å²) in [5.74, 6) is 0.160. The lowest BCUT2D eigenvalue weighted by molar-refractivity contribution is -0.126. The molecule has 0 bridgehead atoms. The fraction of sp³-hybridized carbons (Fsp3) is 0.286. The number of aryl methyl sites for hydroxylation is 1. The molecule has 0 heterocycles. The fourth-order valence-corrected chi connectivity index (χ4v) is 3.20. The van der Waals surface area contributed by atoms with Crippen LogP contribution in [0.5, 0.6) is 11.5 Å². The summed E-state index contributed by atoms with van der Waals surface area (Å²) in [4.78, 5) is 24.0. The third-order valence-corrected chi connectivity index (χ3v) is 4.80. The predicted octanol–water partition coefficient (Wildman–Crippen LogP) is 4.69. The van der Waals surface area contributed by atoms with E-state index in [1.807, 2.05) is 20.8 Å². The molecule has 0 aliphatic heterocycles. The van der Waals surface area contributed by atoms with Crippen LogP contribution in [0.3, 0.4) is 0 Å². The molecule has 0 saturated carbocycles. The molecule has 0 unspecified atom stereocenters. The van der Waals surface area contributed by atoms with Gasteiger partial charge in [0.25, 0.3) is 0 Å². The highest BCUT2D eigenvalue weighted by Crippen LogP contribution is 2.36. The zero-order valence-electron chi connectivity index (χ0n) is 16.9. The lowest BCUT2D eigenvalue weighted by Crippen LogP contribution is -2.24. The Morgan fingerprint density at radius 2 is 1.87 bits per heavy atom. The number of nitrogens with zero attached hydrogens (tertiary/aromatic N) is 1. The van der Waals surface area contributed by atoms with Crippen molar-refractivity contribution in [2.75, 3.05) is 18.5 Å². The van der Waals surface area contributed by atoms with Crippen molar-refractivity contribution in [3.05, 3.63) is 51.0 Å². The van der Waals surface area contributed by atoms with E-state index in [-0.39, 0.29) is 6.42 Å². The molecule has 2 N–H and O–H groups in total. The van der Waals surface area contributed by atoms with Gasteiger partial charge in [0.2, 0.25) is 11.8 Å². The van der Waals surface area contributed by atoms with Crippen molar-refractivity contribution in [2.45, 2.75) is 27.2 Å². The summed E-state index contributed by atoms with van der Waals surface area (Å²) < 4.78 is 11.9. The first-order chi connectivity index (χ1) is 14.3. The van der Waals surface area contributed by atoms with Gasteiger partial charge in [-0.25, -0.2) is 5.43 Å². The molecule has 2 amide bonds. The van der Waals surface area contributed by atoms with Crippen molar-refractivity contribution in [3.63, 3.8) is 0 Å². The van der Waals surface area contributed by atoms with Gasteiger partial charge in [0.1, 0.15) is 6.42 Å². The van der Waals surface area contributed by atoms with Crippen molar-refractivity contribution < 1.29 is 19.1 Å². The minimum Gasteiger partial charge on any atom is -0.490 e. The van der Waals surface area contributed by atoms with E-state index in [2.05, 4.69) is 31.8 Å². The lowest BCUT2D eigenvalue weighted by atomic mass is 10.2. The number of hydrogen-bond acceptors (Lipinski definition) is 5. The number of hydrazone groups is 1. The van der Waals surface area contributed by atoms with Crippen molar-refractivity contribution in [3.8, 4) is 11.5 Å². The summed E-state index contributed by atoms with van der Waals surface area (Å²) in [6, 6.07) is 8.67. The van der Waals surface area contributed by atoms with Crippen LogP contribution in [0.2, 0.25) is 5.02 Å². The molecule has 0 fully saturated rings. The second kappa shape index (κ2) is 11.6. The second-order valence-electron chi connectivity index (χ2n) is 6.18. The van der Waals surface area contributed by atoms with Crippen LogP contribution >= 0.6 is 27.5 Å². The van der Waals surface area contributed by atoms with Crippen LogP contribution < -0.4 is 20.2 Å². The van der Waals surface area contributed by atoms with Gasteiger partial charge in [0.05, 0.1) is 23.9 Å². The monoisotopic (exact) mass is 495 g/mol. The van der Waals surface area contributed by atoms with Gasteiger partial charge in [-0.2, -0.15) is 5.10 Å². The van der Waals surface area contributed by atoms with Crippen LogP contribution in [0, 0.1) is 6.92 Å². The van der Waals surface area contributed by atoms with Gasteiger partial charge < -0.3 is 14.8 Å². The Bertz CT molecular complexity index is 950. The van der Waals surface area contributed by atoms with E-state index in [9.17, 15) is 9.59 Å². The molecule has 0 aromatic heterocycles. The zero-order chi connectivity index (χ0) is 22.1. The van der Waals surface area contributed by atoms with Gasteiger partial charge in [-0.1, -0.05) is 17.7 Å². The Morgan fingerprint density at radius 1 is 1.13 bits per heavy atom. The van der Waals surface area contributed by atoms with Crippen molar-refractivity contribution in [1.82, 2.24) is 5.43 Å². The Labute approximate surface area is 188 Å². The Balaban J connectivity index is 1.94. The van der Waals surface area contributed by atoms with Gasteiger partial charge in [0, 0.05) is 10.7 Å². The number of rotatable bonds is 9. The Hall–Kier alpha value is -2.58. The SMILES string of the molecule is CCOc1cc(C=NNC(=O)CC(=O)Nc2ccc(C)c(Cl)c2)cc(Br)c1OCC. The van der Waals surface area contributed by atoms with E-state index in [0.29, 0.717) is 45.5 Å². The molecule has 0 spiro atoms. The van der Waals surface area contributed by atoms with Crippen LogP contribution in [0.4, 0.5) is 5.69 Å². The highest BCUT2D eigenvalue weighted by atomic mass is 79.9. The fourth-order valence-electron chi connectivity index (χ4n) is 2.45. The molecule has 30 heavy (non-hydrogen) atoms. The third-order valence-electron chi connectivity index (χ3n) is 3.80. The van der Waals surface area contributed by atoms with Crippen LogP contribution in [-0.2, 0) is 9.59 Å². The van der Waals surface area contributed by atoms with E-state index in [0.717, 1.165) is 5.56 Å². The molecule has 0 aliphatic rings. The quantitative estimate of drug-likeness (QED) is 0.299. The summed E-state index contributed by atoms with van der Waals surface area (Å²) >= 11 is 9.48. The second-order valence-corrected chi connectivity index (χ2v) is 7.44. The standard InChI is InChI=1S/C21H23BrClN3O4/c1-4-29-18-9-14(8-16(22)21(18)30-5-2)12-24-26-20(28)11-19(27)25-15-7-6-13(3)17(23)10-15/h6-10,12H,4-5,11H2,1-3H3,(H,25,27)(H,26,28). The minimum absolute atomic E-state index is 0.375. The maximum Gasteiger partial charge on any atom is 0.249 e. The predicted molar refractivity (Wildman–Crippen MR) is 122 cm³/mol. The summed E-state index contributed by atoms with van der Waals surface area (Å²) in [7, 11) is 0. The van der Waals surface area contributed by atoms with Crippen molar-refractivity contribution in [2.24, 2.45) is 5.10 Å². The summed E-state index contributed by atoms with van der Waals surface area (Å²) in [5, 5.41) is 7.06. The number of nitrogens with one attached hydrogen (secondary N) is 2. The molecule has 0 radical (unpaired) electrons. The molecule has 2 rings (SSSR count). The molecule has 7 nitrogen and oxygen atoms in total. The molecule has 0 atom stereocenters. The van der Waals surface area contributed by atoms with E-state index < -0.39 is 11.8 Å². The number of carbonyl (C=O) groups excluding carboxylic acids is 2. The highest BCUT2D eigenvalue weighted by Gasteiger charge is 2.12.